The molecule has 0 aliphatic heterocycles. The molecule has 1 aromatic rings. The molecule has 1 aromatic heterocycles. The Hall–Kier alpha value is -4.71. The standard InChI is InChI=1S/C78H114N6O3/c1-16-22-25-52(19-4)49-85-67-46-64(31-28-55(67)40-61-43-58-34-37-76(61,13)73(58,7)8)79-70-82-71(80-65-32-29-56(68(47-65)86-50-53(20-5)26-23-17-2)41-62-44-59-35-38-77(62,14)74(59,9)10)84-72(83-70)81-66-33-30-57(69(48-66)87-51-54(21-6)27-24-18-3)42-63-45-60-36-39-78(63,15)75(60,11)12/h28-33,46-48,52-54,58-60,67-69H,16-27,34-39,43-45,49-51H2,1-15H3,(H3,79,80,81,82,83,84). The number of anilines is 3. The molecule has 9 aliphatic carbocycles. The molecule has 474 valence electrons. The van der Waals surface area contributed by atoms with Crippen LogP contribution in [0.15, 0.2) is 122 Å². The molecule has 6 saturated carbocycles. The van der Waals surface area contributed by atoms with Crippen molar-refractivity contribution < 1.29 is 14.2 Å². The summed E-state index contributed by atoms with van der Waals surface area (Å²) >= 11 is 0. The Bertz CT molecular complexity index is 2750. The van der Waals surface area contributed by atoms with Crippen LogP contribution in [0, 0.1) is 68.0 Å². The first-order valence-corrected chi connectivity index (χ1v) is 35.2. The van der Waals surface area contributed by atoms with Gasteiger partial charge < -0.3 is 30.2 Å². The summed E-state index contributed by atoms with van der Waals surface area (Å²) in [6.45, 7) is 38.2. The number of rotatable bonds is 27. The average molecular weight is 1180 g/mol. The number of aromatic nitrogens is 3. The van der Waals surface area contributed by atoms with Crippen molar-refractivity contribution >= 4 is 17.8 Å². The highest BCUT2D eigenvalue weighted by atomic mass is 16.5. The normalized spacial score (nSPS) is 31.4. The van der Waals surface area contributed by atoms with Gasteiger partial charge in [-0.1, -0.05) is 162 Å². The first-order chi connectivity index (χ1) is 41.6. The van der Waals surface area contributed by atoms with E-state index in [1.165, 1.54) is 113 Å². The molecule has 1 heterocycles. The number of ether oxygens (including phenoxy) is 3. The molecular formula is C78H114N6O3. The number of fused-ring (bicyclic) bond motifs is 6. The van der Waals surface area contributed by atoms with E-state index < -0.39 is 0 Å². The minimum Gasteiger partial charge on any atom is -0.368 e. The summed E-state index contributed by atoms with van der Waals surface area (Å²) in [5.41, 5.74) is 23.6. The predicted molar refractivity (Wildman–Crippen MR) is 361 cm³/mol. The van der Waals surface area contributed by atoms with Gasteiger partial charge in [0.15, 0.2) is 0 Å². The minimum atomic E-state index is -0.272. The molecule has 0 amide bonds. The lowest BCUT2D eigenvalue weighted by atomic mass is 9.69. The monoisotopic (exact) mass is 1180 g/mol. The number of hydrogen-bond donors (Lipinski definition) is 3. The fourth-order valence-electron chi connectivity index (χ4n) is 17.1. The average Bonchev–Trinajstić information content (AvgIpc) is 1.61. The maximum absolute atomic E-state index is 7.01. The number of allylic oxidation sites excluding steroid dienone is 3. The molecule has 0 aromatic carbocycles. The fourth-order valence-corrected chi connectivity index (χ4v) is 17.1. The van der Waals surface area contributed by atoms with Gasteiger partial charge in [-0.2, -0.15) is 15.0 Å². The van der Waals surface area contributed by atoms with Gasteiger partial charge in [0.1, 0.15) is 18.3 Å². The molecular weight excluding hydrogens is 1070 g/mol. The van der Waals surface area contributed by atoms with Gasteiger partial charge in [-0.25, -0.2) is 0 Å². The second-order valence-corrected chi connectivity index (χ2v) is 30.7. The highest BCUT2D eigenvalue weighted by Crippen LogP contribution is 2.70. The van der Waals surface area contributed by atoms with Gasteiger partial charge in [0.2, 0.25) is 17.8 Å². The molecule has 10 rings (SSSR count). The highest BCUT2D eigenvalue weighted by Gasteiger charge is 2.61. The predicted octanol–water partition coefficient (Wildman–Crippen LogP) is 20.2. The minimum absolute atomic E-state index is 0.139. The van der Waals surface area contributed by atoms with E-state index in [4.69, 9.17) is 29.2 Å². The number of nitrogens with zero attached hydrogens (tertiary/aromatic N) is 3. The zero-order valence-corrected chi connectivity index (χ0v) is 56.9. The molecule has 3 N–H and O–H groups in total. The second kappa shape index (κ2) is 27.0. The van der Waals surface area contributed by atoms with Crippen LogP contribution in [0.25, 0.3) is 0 Å². The van der Waals surface area contributed by atoms with Crippen LogP contribution in [0.4, 0.5) is 17.8 Å². The van der Waals surface area contributed by atoms with E-state index in [-0.39, 0.29) is 50.8 Å². The lowest BCUT2D eigenvalue weighted by molar-refractivity contribution is 0.0727. The third-order valence-corrected chi connectivity index (χ3v) is 25.3. The lowest BCUT2D eigenvalue weighted by Crippen LogP contribution is -2.28. The Kier molecular flexibility index (Phi) is 20.3. The van der Waals surface area contributed by atoms with Gasteiger partial charge >= 0.3 is 0 Å². The van der Waals surface area contributed by atoms with Crippen LogP contribution in [-0.2, 0) is 14.2 Å². The summed E-state index contributed by atoms with van der Waals surface area (Å²) in [7, 11) is 0. The lowest BCUT2D eigenvalue weighted by Gasteiger charge is -2.35. The van der Waals surface area contributed by atoms with Gasteiger partial charge in [-0.15, -0.1) is 17.2 Å². The fraction of sp³-hybridized carbons (Fsp3) is 0.692. The Morgan fingerprint density at radius 2 is 0.701 bits per heavy atom. The number of nitrogens with one attached hydrogen (secondary N) is 3. The van der Waals surface area contributed by atoms with Crippen molar-refractivity contribution in [3.8, 4) is 0 Å². The van der Waals surface area contributed by atoms with Crippen LogP contribution in [0.2, 0.25) is 0 Å². The smallest absolute Gasteiger partial charge is 0.233 e. The third kappa shape index (κ3) is 13.3. The van der Waals surface area contributed by atoms with Crippen molar-refractivity contribution in [2.24, 2.45) is 68.0 Å². The largest absolute Gasteiger partial charge is 0.368 e. The van der Waals surface area contributed by atoms with Gasteiger partial charge in [-0.05, 0) is 200 Å². The summed E-state index contributed by atoms with van der Waals surface area (Å²) in [6.07, 6.45) is 43.8. The van der Waals surface area contributed by atoms with Crippen LogP contribution >= 0.6 is 0 Å². The van der Waals surface area contributed by atoms with E-state index in [1.807, 2.05) is 0 Å². The molecule has 6 bridgehead atoms. The van der Waals surface area contributed by atoms with Crippen LogP contribution < -0.4 is 16.0 Å². The van der Waals surface area contributed by atoms with Crippen LogP contribution in [0.5, 0.6) is 0 Å². The Balaban J connectivity index is 1.01. The van der Waals surface area contributed by atoms with Crippen molar-refractivity contribution in [3.05, 3.63) is 122 Å². The summed E-state index contributed by atoms with van der Waals surface area (Å²) in [5, 5.41) is 11.0. The van der Waals surface area contributed by atoms with E-state index in [9.17, 15) is 0 Å². The van der Waals surface area contributed by atoms with Gasteiger partial charge in [-0.3, -0.25) is 0 Å². The van der Waals surface area contributed by atoms with E-state index >= 15 is 0 Å². The molecule has 0 spiro atoms. The summed E-state index contributed by atoms with van der Waals surface area (Å²) in [4.78, 5) is 15.5. The van der Waals surface area contributed by atoms with Crippen molar-refractivity contribution in [1.29, 1.82) is 0 Å². The summed E-state index contributed by atoms with van der Waals surface area (Å²) in [5.74, 6) is 4.85. The number of unbranched alkanes of at least 4 members (excludes halogenated alkanes) is 3. The van der Waals surface area contributed by atoms with Gasteiger partial charge in [0.25, 0.3) is 0 Å². The molecule has 12 atom stereocenters. The van der Waals surface area contributed by atoms with E-state index in [0.717, 1.165) is 72.3 Å². The SMILES string of the molecule is CCCCC(CC)COC1C=C(Nc2nc(NC3=CC(OCC(CC)CCCC)C(=C=C4CC5CCC4(C)C5(C)C)C=C3)nc(NC3=CC(OCC(CC)CCCC)C(=C=C4CC5CCC4(C)C5(C)C)C=C3)n2)C=CC1=C=C1CC2CCC1(C)C2(C)C. The maximum atomic E-state index is 7.01. The van der Waals surface area contributed by atoms with Crippen LogP contribution in [0.1, 0.15) is 239 Å². The molecule has 9 aliphatic rings. The zero-order valence-electron chi connectivity index (χ0n) is 56.9. The Morgan fingerprint density at radius 3 is 0.920 bits per heavy atom. The second-order valence-electron chi connectivity index (χ2n) is 30.7. The first-order valence-electron chi connectivity index (χ1n) is 35.2. The van der Waals surface area contributed by atoms with Crippen molar-refractivity contribution in [2.45, 2.75) is 257 Å². The highest BCUT2D eigenvalue weighted by molar-refractivity contribution is 5.57. The molecule has 0 saturated heterocycles. The van der Waals surface area contributed by atoms with Crippen molar-refractivity contribution in [1.82, 2.24) is 15.0 Å². The van der Waals surface area contributed by atoms with Gasteiger partial charge in [0, 0.05) is 50.1 Å². The van der Waals surface area contributed by atoms with Crippen LogP contribution in [0.3, 0.4) is 0 Å². The molecule has 12 unspecified atom stereocenters. The molecule has 6 fully saturated rings. The van der Waals surface area contributed by atoms with E-state index in [1.54, 1.807) is 0 Å². The van der Waals surface area contributed by atoms with Crippen LogP contribution in [-0.4, -0.2) is 53.1 Å². The Morgan fingerprint density at radius 1 is 0.425 bits per heavy atom. The topological polar surface area (TPSA) is 102 Å². The summed E-state index contributed by atoms with van der Waals surface area (Å²) < 4.78 is 21.0. The van der Waals surface area contributed by atoms with Crippen molar-refractivity contribution in [3.63, 3.8) is 0 Å². The third-order valence-electron chi connectivity index (χ3n) is 25.3. The summed E-state index contributed by atoms with van der Waals surface area (Å²) in [6, 6.07) is 0. The quantitative estimate of drug-likeness (QED) is 0.0744. The first kappa shape index (κ1) is 65.2. The van der Waals surface area contributed by atoms with Gasteiger partial charge in [0.05, 0.1) is 19.8 Å². The van der Waals surface area contributed by atoms with E-state index in [0.29, 0.717) is 73.2 Å². The Labute approximate surface area is 527 Å². The van der Waals surface area contributed by atoms with Crippen molar-refractivity contribution in [2.75, 3.05) is 35.8 Å². The zero-order chi connectivity index (χ0) is 61.9. The molecule has 0 radical (unpaired) electrons. The molecule has 9 heteroatoms. The van der Waals surface area contributed by atoms with E-state index in [2.05, 4.69) is 192 Å². The molecule has 9 nitrogen and oxygen atoms in total. The molecule has 87 heavy (non-hydrogen) atoms. The number of hydrogen-bond acceptors (Lipinski definition) is 9. The maximum Gasteiger partial charge on any atom is 0.233 e.